The number of anilines is 1. The summed E-state index contributed by atoms with van der Waals surface area (Å²) in [5.74, 6) is 0. The van der Waals surface area contributed by atoms with Gasteiger partial charge in [-0.05, 0) is 13.8 Å². The summed E-state index contributed by atoms with van der Waals surface area (Å²) in [6.07, 6.45) is 1.82. The molecule has 0 aliphatic carbocycles. The lowest BCUT2D eigenvalue weighted by atomic mass is 10.0. The molecule has 1 aliphatic heterocycles. The number of H-pyrrole nitrogens is 1. The van der Waals surface area contributed by atoms with E-state index in [1.165, 1.54) is 0 Å². The van der Waals surface area contributed by atoms with Gasteiger partial charge >= 0.3 is 0 Å². The molecule has 3 rings (SSSR count). The first-order valence-corrected chi connectivity index (χ1v) is 6.29. The molecular formula is C11H14N4OS. The van der Waals surface area contributed by atoms with Crippen molar-refractivity contribution < 1.29 is 4.74 Å². The first-order valence-electron chi connectivity index (χ1n) is 5.47. The number of nitrogens with one attached hydrogen (secondary N) is 2. The van der Waals surface area contributed by atoms with Crippen LogP contribution in [0.3, 0.4) is 0 Å². The monoisotopic (exact) mass is 250 g/mol. The summed E-state index contributed by atoms with van der Waals surface area (Å²) >= 11 is 1.63. The van der Waals surface area contributed by atoms with Gasteiger partial charge in [0.25, 0.3) is 0 Å². The van der Waals surface area contributed by atoms with Crippen molar-refractivity contribution in [3.63, 3.8) is 0 Å². The van der Waals surface area contributed by atoms with Crippen molar-refractivity contribution in [2.24, 2.45) is 0 Å². The number of aromatic nitrogens is 3. The number of fused-ring (bicyclic) bond motifs is 3. The van der Waals surface area contributed by atoms with Crippen molar-refractivity contribution in [3.05, 3.63) is 16.8 Å². The minimum atomic E-state index is -0.355. The third-order valence-corrected chi connectivity index (χ3v) is 4.02. The van der Waals surface area contributed by atoms with Crippen LogP contribution in [0.25, 0.3) is 11.3 Å². The van der Waals surface area contributed by atoms with Crippen LogP contribution in [0.15, 0.2) is 6.20 Å². The predicted octanol–water partition coefficient (Wildman–Crippen LogP) is 2.34. The van der Waals surface area contributed by atoms with Crippen LogP contribution in [0.4, 0.5) is 5.13 Å². The Morgan fingerprint density at radius 1 is 1.53 bits per heavy atom. The topological polar surface area (TPSA) is 62.8 Å². The largest absolute Gasteiger partial charge is 0.365 e. The first-order chi connectivity index (χ1) is 8.12. The number of hydrogen-bond acceptors (Lipinski definition) is 5. The molecule has 0 spiro atoms. The molecule has 3 heterocycles. The summed E-state index contributed by atoms with van der Waals surface area (Å²) in [7, 11) is 1.87. The average molecular weight is 250 g/mol. The second-order valence-corrected chi connectivity index (χ2v) is 5.58. The van der Waals surface area contributed by atoms with Gasteiger partial charge in [0.05, 0.1) is 29.1 Å². The molecule has 17 heavy (non-hydrogen) atoms. The van der Waals surface area contributed by atoms with E-state index in [1.54, 1.807) is 11.3 Å². The van der Waals surface area contributed by atoms with Crippen LogP contribution >= 0.6 is 11.3 Å². The highest BCUT2D eigenvalue weighted by molar-refractivity contribution is 7.16. The maximum Gasteiger partial charge on any atom is 0.183 e. The Morgan fingerprint density at radius 3 is 3.12 bits per heavy atom. The number of aromatic amines is 1. The van der Waals surface area contributed by atoms with E-state index >= 15 is 0 Å². The summed E-state index contributed by atoms with van der Waals surface area (Å²) in [6, 6.07) is 0. The Morgan fingerprint density at radius 2 is 2.35 bits per heavy atom. The highest BCUT2D eigenvalue weighted by Gasteiger charge is 2.33. The number of nitrogens with zero attached hydrogens (tertiary/aromatic N) is 2. The van der Waals surface area contributed by atoms with Crippen LogP contribution in [0.2, 0.25) is 0 Å². The smallest absolute Gasteiger partial charge is 0.183 e. The van der Waals surface area contributed by atoms with Crippen LogP contribution in [0.5, 0.6) is 0 Å². The molecule has 0 radical (unpaired) electrons. The highest BCUT2D eigenvalue weighted by Crippen LogP contribution is 2.41. The Bertz CT molecular complexity index is 558. The Kier molecular flexibility index (Phi) is 2.24. The molecule has 0 amide bonds. The van der Waals surface area contributed by atoms with Gasteiger partial charge in [0.1, 0.15) is 5.60 Å². The standard InChI is InChI=1S/C11H14N4OS/c1-11(2)9-6(4-13-15-9)8-7(5-16-11)17-10(12-3)14-8/h4H,5H2,1-3H3,(H,12,14)(H,13,15). The van der Waals surface area contributed by atoms with E-state index < -0.39 is 0 Å². The normalized spacial score (nSPS) is 17.1. The SMILES string of the molecule is CNc1nc2c(s1)COC(C)(C)c1[nH]ncc1-2. The van der Waals surface area contributed by atoms with Gasteiger partial charge in [0.15, 0.2) is 5.13 Å². The third kappa shape index (κ3) is 1.56. The van der Waals surface area contributed by atoms with Gasteiger partial charge < -0.3 is 10.1 Å². The van der Waals surface area contributed by atoms with Gasteiger partial charge in [0, 0.05) is 12.6 Å². The molecule has 1 aliphatic rings. The fourth-order valence-electron chi connectivity index (χ4n) is 2.01. The zero-order valence-corrected chi connectivity index (χ0v) is 10.8. The molecule has 0 atom stereocenters. The fourth-order valence-corrected chi connectivity index (χ4v) is 2.85. The second-order valence-electron chi connectivity index (χ2n) is 4.50. The third-order valence-electron chi connectivity index (χ3n) is 2.97. The zero-order valence-electron chi connectivity index (χ0n) is 10.00. The van der Waals surface area contributed by atoms with Crippen LogP contribution in [-0.4, -0.2) is 22.2 Å². The van der Waals surface area contributed by atoms with E-state index in [1.807, 2.05) is 27.1 Å². The maximum atomic E-state index is 5.93. The molecule has 6 heteroatoms. The molecule has 2 N–H and O–H groups in total. The summed E-state index contributed by atoms with van der Waals surface area (Å²) in [5.41, 5.74) is 2.66. The molecule has 2 aromatic rings. The van der Waals surface area contributed by atoms with Crippen LogP contribution < -0.4 is 5.32 Å². The van der Waals surface area contributed by atoms with Gasteiger partial charge in [-0.15, -0.1) is 0 Å². The zero-order chi connectivity index (χ0) is 12.0. The summed E-state index contributed by atoms with van der Waals surface area (Å²) in [5, 5.41) is 11.1. The van der Waals surface area contributed by atoms with E-state index in [4.69, 9.17) is 4.74 Å². The first kappa shape index (κ1) is 10.7. The van der Waals surface area contributed by atoms with Gasteiger partial charge in [-0.2, -0.15) is 5.10 Å². The molecule has 0 saturated carbocycles. The Balaban J connectivity index is 2.21. The van der Waals surface area contributed by atoms with Gasteiger partial charge in [-0.1, -0.05) is 11.3 Å². The van der Waals surface area contributed by atoms with Crippen molar-refractivity contribution in [2.45, 2.75) is 26.1 Å². The molecule has 0 fully saturated rings. The van der Waals surface area contributed by atoms with Crippen molar-refractivity contribution in [1.29, 1.82) is 0 Å². The molecule has 5 nitrogen and oxygen atoms in total. The Hall–Kier alpha value is -1.40. The maximum absolute atomic E-state index is 5.93. The number of thiazole rings is 1. The van der Waals surface area contributed by atoms with Gasteiger partial charge in [0.2, 0.25) is 0 Å². The Labute approximate surface area is 103 Å². The molecule has 0 unspecified atom stereocenters. The van der Waals surface area contributed by atoms with E-state index in [0.717, 1.165) is 27.0 Å². The van der Waals surface area contributed by atoms with Crippen molar-refractivity contribution in [1.82, 2.24) is 15.2 Å². The minimum absolute atomic E-state index is 0.355. The minimum Gasteiger partial charge on any atom is -0.365 e. The number of rotatable bonds is 1. The average Bonchev–Trinajstić information content (AvgIpc) is 2.90. The summed E-state index contributed by atoms with van der Waals surface area (Å²) in [4.78, 5) is 5.72. The molecule has 90 valence electrons. The van der Waals surface area contributed by atoms with Crippen LogP contribution in [0, 0.1) is 0 Å². The summed E-state index contributed by atoms with van der Waals surface area (Å²) in [6.45, 7) is 4.67. The second kappa shape index (κ2) is 3.54. The van der Waals surface area contributed by atoms with Gasteiger partial charge in [-0.3, -0.25) is 5.10 Å². The number of hydrogen-bond donors (Lipinski definition) is 2. The van der Waals surface area contributed by atoms with Crippen LogP contribution in [-0.2, 0) is 16.9 Å². The predicted molar refractivity (Wildman–Crippen MR) is 67.1 cm³/mol. The molecule has 0 aromatic carbocycles. The molecular weight excluding hydrogens is 236 g/mol. The molecule has 0 saturated heterocycles. The van der Waals surface area contributed by atoms with E-state index in [-0.39, 0.29) is 5.60 Å². The lowest BCUT2D eigenvalue weighted by Gasteiger charge is -2.22. The molecule has 0 bridgehead atoms. The van der Waals surface area contributed by atoms with Crippen molar-refractivity contribution >= 4 is 16.5 Å². The summed E-state index contributed by atoms with van der Waals surface area (Å²) < 4.78 is 5.93. The fraction of sp³-hybridized carbons (Fsp3) is 0.455. The van der Waals surface area contributed by atoms with E-state index in [2.05, 4.69) is 20.5 Å². The lowest BCUT2D eigenvalue weighted by molar-refractivity contribution is -0.0333. The van der Waals surface area contributed by atoms with E-state index in [9.17, 15) is 0 Å². The molecule has 2 aromatic heterocycles. The van der Waals surface area contributed by atoms with Crippen molar-refractivity contribution in [2.75, 3.05) is 12.4 Å². The van der Waals surface area contributed by atoms with Gasteiger partial charge in [-0.25, -0.2) is 4.98 Å². The highest BCUT2D eigenvalue weighted by atomic mass is 32.1. The van der Waals surface area contributed by atoms with E-state index in [0.29, 0.717) is 6.61 Å². The quantitative estimate of drug-likeness (QED) is 0.815. The number of ether oxygens (including phenoxy) is 1. The lowest BCUT2D eigenvalue weighted by Crippen LogP contribution is -2.21. The van der Waals surface area contributed by atoms with Crippen molar-refractivity contribution in [3.8, 4) is 11.3 Å². The van der Waals surface area contributed by atoms with Crippen LogP contribution in [0.1, 0.15) is 24.4 Å².